The highest BCUT2D eigenvalue weighted by molar-refractivity contribution is 5.68. The maximum atomic E-state index is 12.2. The van der Waals surface area contributed by atoms with Crippen molar-refractivity contribution in [1.82, 2.24) is 20.0 Å². The van der Waals surface area contributed by atoms with Gasteiger partial charge in [0.1, 0.15) is 5.60 Å². The van der Waals surface area contributed by atoms with Crippen molar-refractivity contribution in [2.75, 3.05) is 19.6 Å². The Hall–Kier alpha value is -1.60. The number of hydrogen-bond donors (Lipinski definition) is 2. The molecule has 0 fully saturated rings. The second-order valence-electron chi connectivity index (χ2n) is 6.66. The van der Waals surface area contributed by atoms with Gasteiger partial charge in [-0.05, 0) is 34.6 Å². The molecule has 1 rings (SSSR count). The molecular weight excluding hydrogens is 296 g/mol. The Morgan fingerprint density at radius 3 is 2.74 bits per heavy atom. The first-order chi connectivity index (χ1) is 10.7. The van der Waals surface area contributed by atoms with Gasteiger partial charge in [-0.25, -0.2) is 4.79 Å². The molecule has 0 saturated carbocycles. The molecule has 1 aromatic heterocycles. The second-order valence-corrected chi connectivity index (χ2v) is 6.66. The predicted molar refractivity (Wildman–Crippen MR) is 89.1 cm³/mol. The van der Waals surface area contributed by atoms with E-state index in [1.54, 1.807) is 6.92 Å². The summed E-state index contributed by atoms with van der Waals surface area (Å²) in [5.74, 6) is 0. The van der Waals surface area contributed by atoms with Gasteiger partial charge in [-0.1, -0.05) is 0 Å². The monoisotopic (exact) mass is 326 g/mol. The molecule has 1 heterocycles. The third-order valence-corrected chi connectivity index (χ3v) is 3.03. The van der Waals surface area contributed by atoms with E-state index in [2.05, 4.69) is 10.4 Å². The third kappa shape index (κ3) is 7.99. The minimum absolute atomic E-state index is 0.254. The highest BCUT2D eigenvalue weighted by atomic mass is 16.6. The molecule has 0 radical (unpaired) electrons. The van der Waals surface area contributed by atoms with Crippen LogP contribution in [0.3, 0.4) is 0 Å². The van der Waals surface area contributed by atoms with Crippen molar-refractivity contribution in [1.29, 1.82) is 0 Å². The SMILES string of the molecule is CCn1cc(CNCCN(CC(C)O)C(=O)OC(C)(C)C)cn1. The molecule has 0 bridgehead atoms. The average Bonchev–Trinajstić information content (AvgIpc) is 2.87. The maximum Gasteiger partial charge on any atom is 0.410 e. The normalized spacial score (nSPS) is 13.0. The van der Waals surface area contributed by atoms with Crippen LogP contribution in [-0.4, -0.2) is 57.2 Å². The molecule has 132 valence electrons. The lowest BCUT2D eigenvalue weighted by Crippen LogP contribution is -2.43. The van der Waals surface area contributed by atoms with Crippen LogP contribution < -0.4 is 5.32 Å². The van der Waals surface area contributed by atoms with Crippen molar-refractivity contribution in [2.24, 2.45) is 0 Å². The van der Waals surface area contributed by atoms with Gasteiger partial charge >= 0.3 is 6.09 Å². The smallest absolute Gasteiger partial charge is 0.410 e. The molecule has 0 aliphatic rings. The summed E-state index contributed by atoms with van der Waals surface area (Å²) in [4.78, 5) is 13.7. The first-order valence-electron chi connectivity index (χ1n) is 8.09. The van der Waals surface area contributed by atoms with E-state index >= 15 is 0 Å². The largest absolute Gasteiger partial charge is 0.444 e. The zero-order valence-corrected chi connectivity index (χ0v) is 14.9. The highest BCUT2D eigenvalue weighted by Crippen LogP contribution is 2.10. The van der Waals surface area contributed by atoms with Crippen LogP contribution in [0.5, 0.6) is 0 Å². The lowest BCUT2D eigenvalue weighted by atomic mass is 10.2. The molecule has 7 heteroatoms. The molecule has 1 aromatic rings. The number of ether oxygens (including phenoxy) is 1. The number of nitrogens with one attached hydrogen (secondary N) is 1. The number of carbonyl (C=O) groups is 1. The fourth-order valence-corrected chi connectivity index (χ4v) is 2.02. The minimum Gasteiger partial charge on any atom is -0.444 e. The molecule has 1 amide bonds. The predicted octanol–water partition coefficient (Wildman–Crippen LogP) is 1.61. The number of aryl methyl sites for hydroxylation is 1. The first-order valence-corrected chi connectivity index (χ1v) is 8.09. The quantitative estimate of drug-likeness (QED) is 0.710. The Bertz CT molecular complexity index is 480. The molecule has 7 nitrogen and oxygen atoms in total. The molecule has 0 aliphatic carbocycles. The summed E-state index contributed by atoms with van der Waals surface area (Å²) in [5, 5.41) is 17.0. The standard InChI is InChI=1S/C16H30N4O3/c1-6-20-12-14(10-18-20)9-17-7-8-19(11-13(2)21)15(22)23-16(3,4)5/h10,12-13,17,21H,6-9,11H2,1-5H3. The van der Waals surface area contributed by atoms with Crippen LogP contribution in [0.15, 0.2) is 12.4 Å². The second kappa shape index (κ2) is 8.88. The Balaban J connectivity index is 2.42. The molecule has 1 unspecified atom stereocenters. The van der Waals surface area contributed by atoms with Crippen LogP contribution in [0, 0.1) is 0 Å². The summed E-state index contributed by atoms with van der Waals surface area (Å²) < 4.78 is 7.24. The third-order valence-electron chi connectivity index (χ3n) is 3.03. The number of aliphatic hydroxyl groups excluding tert-OH is 1. The molecule has 0 saturated heterocycles. The number of aliphatic hydroxyl groups is 1. The fraction of sp³-hybridized carbons (Fsp3) is 0.750. The molecule has 0 aromatic carbocycles. The van der Waals surface area contributed by atoms with Gasteiger partial charge in [0, 0.05) is 44.5 Å². The molecule has 1 atom stereocenters. The lowest BCUT2D eigenvalue weighted by molar-refractivity contribution is 0.0164. The molecule has 2 N–H and O–H groups in total. The van der Waals surface area contributed by atoms with E-state index in [9.17, 15) is 9.90 Å². The summed E-state index contributed by atoms with van der Waals surface area (Å²) in [6, 6.07) is 0. The Morgan fingerprint density at radius 2 is 2.22 bits per heavy atom. The van der Waals surface area contributed by atoms with E-state index in [1.165, 1.54) is 4.90 Å². The van der Waals surface area contributed by atoms with Crippen molar-refractivity contribution in [3.63, 3.8) is 0 Å². The van der Waals surface area contributed by atoms with Crippen LogP contribution in [0.1, 0.15) is 40.2 Å². The lowest BCUT2D eigenvalue weighted by Gasteiger charge is -2.28. The van der Waals surface area contributed by atoms with Crippen LogP contribution in [0.2, 0.25) is 0 Å². The van der Waals surface area contributed by atoms with Gasteiger partial charge in [0.15, 0.2) is 0 Å². The summed E-state index contributed by atoms with van der Waals surface area (Å²) in [6.07, 6.45) is 2.83. The number of carbonyl (C=O) groups excluding carboxylic acids is 1. The molecule has 23 heavy (non-hydrogen) atoms. The number of nitrogens with zero attached hydrogens (tertiary/aromatic N) is 3. The minimum atomic E-state index is -0.592. The fourth-order valence-electron chi connectivity index (χ4n) is 2.02. The number of amides is 1. The van der Waals surface area contributed by atoms with Crippen molar-refractivity contribution in [2.45, 2.75) is 59.4 Å². The topological polar surface area (TPSA) is 79.6 Å². The van der Waals surface area contributed by atoms with Crippen LogP contribution in [0.25, 0.3) is 0 Å². The van der Waals surface area contributed by atoms with Gasteiger partial charge in [-0.2, -0.15) is 5.10 Å². The Labute approximate surface area is 138 Å². The Kier molecular flexibility index (Phi) is 7.51. The maximum absolute atomic E-state index is 12.2. The molecule has 0 spiro atoms. The van der Waals surface area contributed by atoms with Gasteiger partial charge in [-0.15, -0.1) is 0 Å². The van der Waals surface area contributed by atoms with E-state index in [0.29, 0.717) is 19.6 Å². The Morgan fingerprint density at radius 1 is 1.52 bits per heavy atom. The first kappa shape index (κ1) is 19.4. The molecular formula is C16H30N4O3. The zero-order valence-electron chi connectivity index (χ0n) is 14.9. The van der Waals surface area contributed by atoms with Crippen molar-refractivity contribution in [3.8, 4) is 0 Å². The van der Waals surface area contributed by atoms with E-state index < -0.39 is 17.8 Å². The number of aromatic nitrogens is 2. The zero-order chi connectivity index (χ0) is 17.5. The van der Waals surface area contributed by atoms with E-state index in [0.717, 1.165) is 12.1 Å². The number of rotatable bonds is 8. The van der Waals surface area contributed by atoms with Crippen molar-refractivity contribution >= 4 is 6.09 Å². The summed E-state index contributed by atoms with van der Waals surface area (Å²) in [7, 11) is 0. The van der Waals surface area contributed by atoms with Crippen LogP contribution >= 0.6 is 0 Å². The van der Waals surface area contributed by atoms with Gasteiger partial charge in [0.05, 0.1) is 12.3 Å². The van der Waals surface area contributed by atoms with Crippen molar-refractivity contribution in [3.05, 3.63) is 18.0 Å². The van der Waals surface area contributed by atoms with Crippen LogP contribution in [0.4, 0.5) is 4.79 Å². The average molecular weight is 326 g/mol. The van der Waals surface area contributed by atoms with Gasteiger partial charge < -0.3 is 20.1 Å². The van der Waals surface area contributed by atoms with E-state index in [1.807, 2.05) is 44.8 Å². The number of hydrogen-bond acceptors (Lipinski definition) is 5. The molecule has 0 aliphatic heterocycles. The van der Waals surface area contributed by atoms with E-state index in [-0.39, 0.29) is 6.54 Å². The van der Waals surface area contributed by atoms with E-state index in [4.69, 9.17) is 4.74 Å². The summed E-state index contributed by atoms with van der Waals surface area (Å²) >= 11 is 0. The summed E-state index contributed by atoms with van der Waals surface area (Å²) in [6.45, 7) is 12.1. The van der Waals surface area contributed by atoms with Gasteiger partial charge in [-0.3, -0.25) is 4.68 Å². The van der Waals surface area contributed by atoms with Gasteiger partial charge in [0.2, 0.25) is 0 Å². The summed E-state index contributed by atoms with van der Waals surface area (Å²) in [5.41, 5.74) is 0.558. The van der Waals surface area contributed by atoms with Gasteiger partial charge in [0.25, 0.3) is 0 Å². The van der Waals surface area contributed by atoms with Crippen LogP contribution in [-0.2, 0) is 17.8 Å². The highest BCUT2D eigenvalue weighted by Gasteiger charge is 2.22. The van der Waals surface area contributed by atoms with Crippen molar-refractivity contribution < 1.29 is 14.6 Å².